The number of aromatic nitrogens is 2. The van der Waals surface area contributed by atoms with Crippen LogP contribution in [-0.2, 0) is 17.6 Å². The maximum Gasteiger partial charge on any atom is 0.223 e. The van der Waals surface area contributed by atoms with E-state index >= 15 is 0 Å². The highest BCUT2D eigenvalue weighted by molar-refractivity contribution is 5.78. The number of rotatable bonds is 6. The lowest BCUT2D eigenvalue weighted by atomic mass is 9.98. The Morgan fingerprint density at radius 1 is 1.19 bits per heavy atom. The average Bonchev–Trinajstić information content (AvgIpc) is 2.90. The molecule has 3 rings (SSSR count). The minimum atomic E-state index is 0.0209. The Labute approximate surface area is 161 Å². The minimum Gasteiger partial charge on any atom is -0.478 e. The SMILES string of the molecule is CCOc1nc(-c2ccccc2)nc2c1CCC(C(=O)NCC(C)C)CC2. The summed E-state index contributed by atoms with van der Waals surface area (Å²) in [6.45, 7) is 7.48. The summed E-state index contributed by atoms with van der Waals surface area (Å²) in [6, 6.07) is 9.98. The van der Waals surface area contributed by atoms with Crippen LogP contribution in [-0.4, -0.2) is 29.0 Å². The van der Waals surface area contributed by atoms with E-state index in [1.165, 1.54) is 0 Å². The Balaban J connectivity index is 1.84. The number of fused-ring (bicyclic) bond motifs is 1. The first-order valence-electron chi connectivity index (χ1n) is 9.94. The van der Waals surface area contributed by atoms with Crippen LogP contribution in [0, 0.1) is 11.8 Å². The Morgan fingerprint density at radius 3 is 2.63 bits per heavy atom. The summed E-state index contributed by atoms with van der Waals surface area (Å²) in [6.07, 6.45) is 3.18. The summed E-state index contributed by atoms with van der Waals surface area (Å²) in [7, 11) is 0. The van der Waals surface area contributed by atoms with E-state index in [1.54, 1.807) is 0 Å². The fraction of sp³-hybridized carbons (Fsp3) is 0.500. The van der Waals surface area contributed by atoms with E-state index in [-0.39, 0.29) is 11.8 Å². The molecule has 0 spiro atoms. The standard InChI is InChI=1S/C22H29N3O2/c1-4-27-22-18-12-10-17(21(26)23-14-15(2)3)11-13-19(18)24-20(25-22)16-8-6-5-7-9-16/h5-9,15,17H,4,10-14H2,1-3H3,(H,23,26). The van der Waals surface area contributed by atoms with Crippen molar-refractivity contribution in [2.45, 2.75) is 46.5 Å². The second-order valence-electron chi connectivity index (χ2n) is 7.49. The highest BCUT2D eigenvalue weighted by Gasteiger charge is 2.26. The summed E-state index contributed by atoms with van der Waals surface area (Å²) in [5.41, 5.74) is 3.07. The third-order valence-corrected chi connectivity index (χ3v) is 4.90. The molecule has 1 N–H and O–H groups in total. The number of hydrogen-bond acceptors (Lipinski definition) is 4. The zero-order valence-corrected chi connectivity index (χ0v) is 16.5. The fourth-order valence-corrected chi connectivity index (χ4v) is 3.42. The van der Waals surface area contributed by atoms with Gasteiger partial charge in [-0.3, -0.25) is 4.79 Å². The smallest absolute Gasteiger partial charge is 0.223 e. The van der Waals surface area contributed by atoms with Crippen LogP contribution in [0.5, 0.6) is 5.88 Å². The number of amides is 1. The molecule has 0 aliphatic heterocycles. The summed E-state index contributed by atoms with van der Waals surface area (Å²) >= 11 is 0. The van der Waals surface area contributed by atoms with Crippen molar-refractivity contribution in [3.8, 4) is 17.3 Å². The molecular weight excluding hydrogens is 338 g/mol. The zero-order chi connectivity index (χ0) is 19.2. The number of benzene rings is 1. The third kappa shape index (κ3) is 4.85. The van der Waals surface area contributed by atoms with Gasteiger partial charge in [0.15, 0.2) is 5.82 Å². The Hall–Kier alpha value is -2.43. The number of ether oxygens (including phenoxy) is 1. The van der Waals surface area contributed by atoms with Gasteiger partial charge in [-0.2, -0.15) is 4.98 Å². The summed E-state index contributed by atoms with van der Waals surface area (Å²) in [5, 5.41) is 3.08. The molecule has 27 heavy (non-hydrogen) atoms. The Morgan fingerprint density at radius 2 is 1.93 bits per heavy atom. The molecule has 1 aliphatic carbocycles. The first-order chi connectivity index (χ1) is 13.1. The molecule has 5 nitrogen and oxygen atoms in total. The molecule has 0 radical (unpaired) electrons. The molecule has 0 saturated heterocycles. The lowest BCUT2D eigenvalue weighted by Gasteiger charge is -2.15. The van der Waals surface area contributed by atoms with Crippen LogP contribution in [0.3, 0.4) is 0 Å². The molecule has 0 saturated carbocycles. The number of nitrogens with one attached hydrogen (secondary N) is 1. The zero-order valence-electron chi connectivity index (χ0n) is 16.5. The molecule has 2 aromatic rings. The van der Waals surface area contributed by atoms with Gasteiger partial charge in [-0.15, -0.1) is 0 Å². The van der Waals surface area contributed by atoms with E-state index < -0.39 is 0 Å². The third-order valence-electron chi connectivity index (χ3n) is 4.90. The van der Waals surface area contributed by atoms with Crippen molar-refractivity contribution in [3.63, 3.8) is 0 Å². The normalized spacial score (nSPS) is 16.5. The van der Waals surface area contributed by atoms with Gasteiger partial charge >= 0.3 is 0 Å². The molecule has 5 heteroatoms. The van der Waals surface area contributed by atoms with Crippen LogP contribution in [0.15, 0.2) is 30.3 Å². The van der Waals surface area contributed by atoms with Crippen LogP contribution in [0.25, 0.3) is 11.4 Å². The van der Waals surface area contributed by atoms with Crippen molar-refractivity contribution in [1.82, 2.24) is 15.3 Å². The van der Waals surface area contributed by atoms with E-state index in [1.807, 2.05) is 37.3 Å². The number of hydrogen-bond donors (Lipinski definition) is 1. The van der Waals surface area contributed by atoms with E-state index in [2.05, 4.69) is 24.1 Å². The molecule has 1 unspecified atom stereocenters. The summed E-state index contributed by atoms with van der Waals surface area (Å²) in [5.74, 6) is 2.00. The van der Waals surface area contributed by atoms with E-state index in [0.29, 0.717) is 24.2 Å². The van der Waals surface area contributed by atoms with Gasteiger partial charge < -0.3 is 10.1 Å². The predicted molar refractivity (Wildman–Crippen MR) is 107 cm³/mol. The van der Waals surface area contributed by atoms with Gasteiger partial charge in [0.05, 0.1) is 12.3 Å². The van der Waals surface area contributed by atoms with Crippen molar-refractivity contribution in [2.75, 3.05) is 13.2 Å². The predicted octanol–water partition coefficient (Wildman–Crippen LogP) is 3.81. The molecule has 1 aromatic carbocycles. The van der Waals surface area contributed by atoms with Crippen LogP contribution in [0.4, 0.5) is 0 Å². The van der Waals surface area contributed by atoms with Crippen LogP contribution in [0.2, 0.25) is 0 Å². The lowest BCUT2D eigenvalue weighted by molar-refractivity contribution is -0.125. The Bertz CT molecular complexity index is 775. The van der Waals surface area contributed by atoms with Crippen LogP contribution < -0.4 is 10.1 Å². The first-order valence-corrected chi connectivity index (χ1v) is 9.94. The maximum absolute atomic E-state index is 12.5. The molecule has 0 fully saturated rings. The van der Waals surface area contributed by atoms with Gasteiger partial charge in [0.25, 0.3) is 0 Å². The molecule has 1 atom stereocenters. The first kappa shape index (κ1) is 19.3. The minimum absolute atomic E-state index is 0.0209. The quantitative estimate of drug-likeness (QED) is 0.789. The molecule has 144 valence electrons. The largest absolute Gasteiger partial charge is 0.478 e. The van der Waals surface area contributed by atoms with Crippen molar-refractivity contribution >= 4 is 5.91 Å². The Kier molecular flexibility index (Phi) is 6.43. The van der Waals surface area contributed by atoms with E-state index in [9.17, 15) is 4.79 Å². The summed E-state index contributed by atoms with van der Waals surface area (Å²) < 4.78 is 5.84. The highest BCUT2D eigenvalue weighted by atomic mass is 16.5. The van der Waals surface area contributed by atoms with Gasteiger partial charge in [0.1, 0.15) is 0 Å². The monoisotopic (exact) mass is 367 g/mol. The fourth-order valence-electron chi connectivity index (χ4n) is 3.42. The molecule has 1 amide bonds. The van der Waals surface area contributed by atoms with Gasteiger partial charge in [0.2, 0.25) is 11.8 Å². The van der Waals surface area contributed by atoms with Crippen LogP contribution >= 0.6 is 0 Å². The molecule has 1 aliphatic rings. The number of nitrogens with zero attached hydrogens (tertiary/aromatic N) is 2. The van der Waals surface area contributed by atoms with Crippen molar-refractivity contribution in [1.29, 1.82) is 0 Å². The molecule has 0 bridgehead atoms. The van der Waals surface area contributed by atoms with Gasteiger partial charge in [0, 0.05) is 23.6 Å². The molecule has 1 aromatic heterocycles. The molecule has 1 heterocycles. The second-order valence-corrected chi connectivity index (χ2v) is 7.49. The van der Waals surface area contributed by atoms with Gasteiger partial charge in [-0.25, -0.2) is 4.98 Å². The van der Waals surface area contributed by atoms with Crippen molar-refractivity contribution in [2.24, 2.45) is 11.8 Å². The molecular formula is C22H29N3O2. The highest BCUT2D eigenvalue weighted by Crippen LogP contribution is 2.31. The van der Waals surface area contributed by atoms with Crippen LogP contribution in [0.1, 0.15) is 44.9 Å². The van der Waals surface area contributed by atoms with Gasteiger partial charge in [-0.1, -0.05) is 44.2 Å². The average molecular weight is 367 g/mol. The maximum atomic E-state index is 12.5. The number of aryl methyl sites for hydroxylation is 1. The summed E-state index contributed by atoms with van der Waals surface area (Å²) in [4.78, 5) is 22.0. The van der Waals surface area contributed by atoms with E-state index in [4.69, 9.17) is 9.72 Å². The lowest BCUT2D eigenvalue weighted by Crippen LogP contribution is -2.33. The second kappa shape index (κ2) is 8.98. The van der Waals surface area contributed by atoms with E-state index in [0.717, 1.165) is 49.0 Å². The van der Waals surface area contributed by atoms with Crippen molar-refractivity contribution < 1.29 is 9.53 Å². The topological polar surface area (TPSA) is 64.1 Å². The number of carbonyl (C=O) groups is 1. The van der Waals surface area contributed by atoms with Crippen molar-refractivity contribution in [3.05, 3.63) is 41.6 Å². The number of carbonyl (C=O) groups excluding carboxylic acids is 1. The van der Waals surface area contributed by atoms with Gasteiger partial charge in [-0.05, 0) is 38.5 Å².